The summed E-state index contributed by atoms with van der Waals surface area (Å²) < 4.78 is 25.8. The van der Waals surface area contributed by atoms with Crippen molar-refractivity contribution in [3.63, 3.8) is 0 Å². The largest absolute Gasteiger partial charge is 0.378 e. The molecule has 1 atom stereocenters. The summed E-state index contributed by atoms with van der Waals surface area (Å²) in [4.78, 5) is 14.7. The molecule has 4 nitrogen and oxygen atoms in total. The first kappa shape index (κ1) is 15.5. The molecular weight excluding hydrogens is 309 g/mol. The molecular formula is C19H20FNO3. The molecule has 0 aromatic heterocycles. The fraction of sp³-hybridized carbons (Fsp3) is 0.421. The molecule has 1 amide bonds. The van der Waals surface area contributed by atoms with Gasteiger partial charge >= 0.3 is 0 Å². The second kappa shape index (κ2) is 6.15. The minimum Gasteiger partial charge on any atom is -0.378 e. The molecule has 5 heteroatoms. The van der Waals surface area contributed by atoms with Gasteiger partial charge in [-0.2, -0.15) is 0 Å². The lowest BCUT2D eigenvalue weighted by Gasteiger charge is -2.44. The monoisotopic (exact) mass is 329 g/mol. The molecule has 24 heavy (non-hydrogen) atoms. The number of nitrogens with zero attached hydrogens (tertiary/aromatic N) is 1. The Hall–Kier alpha value is -1.98. The number of amides is 1. The van der Waals surface area contributed by atoms with E-state index < -0.39 is 5.60 Å². The number of ether oxygens (including phenoxy) is 2. The molecule has 0 saturated carbocycles. The predicted molar refractivity (Wildman–Crippen MR) is 88.5 cm³/mol. The van der Waals surface area contributed by atoms with Crippen LogP contribution in [-0.4, -0.2) is 49.3 Å². The van der Waals surface area contributed by atoms with Crippen molar-refractivity contribution >= 4 is 16.7 Å². The van der Waals surface area contributed by atoms with E-state index in [4.69, 9.17) is 9.47 Å². The van der Waals surface area contributed by atoms with Gasteiger partial charge in [-0.3, -0.25) is 4.79 Å². The van der Waals surface area contributed by atoms with Crippen LogP contribution < -0.4 is 0 Å². The van der Waals surface area contributed by atoms with Gasteiger partial charge in [-0.25, -0.2) is 4.39 Å². The third-order valence-corrected chi connectivity index (χ3v) is 4.88. The first-order valence-corrected chi connectivity index (χ1v) is 8.36. The molecule has 2 fully saturated rings. The lowest BCUT2D eigenvalue weighted by atomic mass is 9.94. The topological polar surface area (TPSA) is 38.8 Å². The molecule has 4 rings (SSSR count). The molecule has 0 radical (unpaired) electrons. The zero-order valence-corrected chi connectivity index (χ0v) is 13.5. The number of carbonyl (C=O) groups excluding carboxylic acids is 1. The molecule has 1 spiro atoms. The number of benzene rings is 2. The van der Waals surface area contributed by atoms with Crippen LogP contribution in [0.5, 0.6) is 0 Å². The van der Waals surface area contributed by atoms with Crippen LogP contribution in [0.3, 0.4) is 0 Å². The molecule has 0 aliphatic carbocycles. The van der Waals surface area contributed by atoms with Crippen molar-refractivity contribution < 1.29 is 18.7 Å². The van der Waals surface area contributed by atoms with Gasteiger partial charge in [0, 0.05) is 24.1 Å². The van der Waals surface area contributed by atoms with Crippen molar-refractivity contribution in [3.8, 4) is 0 Å². The quantitative estimate of drug-likeness (QED) is 0.807. The van der Waals surface area contributed by atoms with Gasteiger partial charge < -0.3 is 14.4 Å². The fourth-order valence-corrected chi connectivity index (χ4v) is 3.65. The Bertz CT molecular complexity index is 765. The van der Waals surface area contributed by atoms with E-state index in [1.165, 1.54) is 6.07 Å². The van der Waals surface area contributed by atoms with E-state index in [0.29, 0.717) is 37.3 Å². The number of morpholine rings is 1. The van der Waals surface area contributed by atoms with Gasteiger partial charge in [-0.05, 0) is 30.4 Å². The van der Waals surface area contributed by atoms with Gasteiger partial charge in [0.15, 0.2) is 0 Å². The summed E-state index contributed by atoms with van der Waals surface area (Å²) in [6.45, 7) is 2.78. The van der Waals surface area contributed by atoms with Gasteiger partial charge in [-0.15, -0.1) is 0 Å². The van der Waals surface area contributed by atoms with Crippen molar-refractivity contribution in [1.29, 1.82) is 0 Å². The number of carbonyl (C=O) groups is 1. The van der Waals surface area contributed by atoms with Crippen molar-refractivity contribution in [1.82, 2.24) is 4.90 Å². The lowest BCUT2D eigenvalue weighted by Crippen LogP contribution is -2.57. The Balaban J connectivity index is 1.61. The molecule has 0 N–H and O–H groups in total. The van der Waals surface area contributed by atoms with Crippen LogP contribution in [0.2, 0.25) is 0 Å². The average molecular weight is 329 g/mol. The van der Waals surface area contributed by atoms with E-state index in [-0.39, 0.29) is 11.7 Å². The van der Waals surface area contributed by atoms with Gasteiger partial charge in [0.25, 0.3) is 5.91 Å². The first-order chi connectivity index (χ1) is 11.7. The van der Waals surface area contributed by atoms with Crippen molar-refractivity contribution in [2.24, 2.45) is 0 Å². The molecule has 2 aliphatic heterocycles. The van der Waals surface area contributed by atoms with E-state index in [1.807, 2.05) is 12.1 Å². The maximum Gasteiger partial charge on any atom is 0.254 e. The van der Waals surface area contributed by atoms with Crippen molar-refractivity contribution in [2.45, 2.75) is 18.4 Å². The second-order valence-corrected chi connectivity index (χ2v) is 6.59. The summed E-state index contributed by atoms with van der Waals surface area (Å²) in [6.07, 6.45) is 1.83. The normalized spacial score (nSPS) is 24.5. The average Bonchev–Trinajstić information content (AvgIpc) is 2.62. The van der Waals surface area contributed by atoms with Crippen LogP contribution in [0.4, 0.5) is 4.39 Å². The Kier molecular flexibility index (Phi) is 3.98. The standard InChI is InChI=1S/C19H20FNO3/c20-17-11-15(10-14-4-1-2-5-16(14)17)18(22)21-7-9-24-19(12-21)6-3-8-23-13-19/h1-2,4-5,10-11H,3,6-9,12-13H2. The molecule has 2 saturated heterocycles. The number of hydrogen-bond donors (Lipinski definition) is 0. The van der Waals surface area contributed by atoms with E-state index >= 15 is 0 Å². The van der Waals surface area contributed by atoms with E-state index in [0.717, 1.165) is 24.8 Å². The summed E-state index contributed by atoms with van der Waals surface area (Å²) in [5.74, 6) is -0.506. The van der Waals surface area contributed by atoms with Gasteiger partial charge in [0.05, 0.1) is 19.8 Å². The SMILES string of the molecule is O=C(c1cc(F)c2ccccc2c1)N1CCOC2(CCCOC2)C1. The van der Waals surface area contributed by atoms with Crippen molar-refractivity contribution in [3.05, 3.63) is 47.8 Å². The predicted octanol–water partition coefficient (Wildman–Crippen LogP) is 3.00. The zero-order valence-electron chi connectivity index (χ0n) is 13.5. The Labute approximate surface area is 140 Å². The van der Waals surface area contributed by atoms with Crippen LogP contribution in [0.15, 0.2) is 36.4 Å². The van der Waals surface area contributed by atoms with Crippen LogP contribution in [0.25, 0.3) is 10.8 Å². The summed E-state index contributed by atoms with van der Waals surface area (Å²) in [7, 11) is 0. The van der Waals surface area contributed by atoms with Crippen LogP contribution in [0, 0.1) is 5.82 Å². The van der Waals surface area contributed by atoms with E-state index in [9.17, 15) is 9.18 Å². The van der Waals surface area contributed by atoms with Crippen LogP contribution in [0.1, 0.15) is 23.2 Å². The Morgan fingerprint density at radius 1 is 1.21 bits per heavy atom. The maximum absolute atomic E-state index is 14.3. The number of rotatable bonds is 1. The van der Waals surface area contributed by atoms with E-state index in [2.05, 4.69) is 0 Å². The second-order valence-electron chi connectivity index (χ2n) is 6.59. The van der Waals surface area contributed by atoms with Crippen LogP contribution in [-0.2, 0) is 9.47 Å². The smallest absolute Gasteiger partial charge is 0.254 e. The molecule has 1 unspecified atom stereocenters. The minimum absolute atomic E-state index is 0.145. The molecule has 2 aromatic carbocycles. The lowest BCUT2D eigenvalue weighted by molar-refractivity contribution is -0.160. The van der Waals surface area contributed by atoms with Crippen molar-refractivity contribution in [2.75, 3.05) is 32.9 Å². The highest BCUT2D eigenvalue weighted by molar-refractivity contribution is 5.98. The fourth-order valence-electron chi connectivity index (χ4n) is 3.65. The third kappa shape index (κ3) is 2.78. The summed E-state index contributed by atoms with van der Waals surface area (Å²) in [6, 6.07) is 10.3. The molecule has 126 valence electrons. The highest BCUT2D eigenvalue weighted by atomic mass is 19.1. The first-order valence-electron chi connectivity index (χ1n) is 8.36. The Morgan fingerprint density at radius 2 is 2.08 bits per heavy atom. The highest BCUT2D eigenvalue weighted by Gasteiger charge is 2.40. The summed E-state index contributed by atoms with van der Waals surface area (Å²) >= 11 is 0. The number of fused-ring (bicyclic) bond motifs is 1. The minimum atomic E-state index is -0.401. The van der Waals surface area contributed by atoms with Gasteiger partial charge in [-0.1, -0.05) is 24.3 Å². The molecule has 2 aromatic rings. The van der Waals surface area contributed by atoms with Gasteiger partial charge in [0.1, 0.15) is 11.4 Å². The van der Waals surface area contributed by atoms with Crippen LogP contribution >= 0.6 is 0 Å². The molecule has 0 bridgehead atoms. The Morgan fingerprint density at radius 3 is 2.92 bits per heavy atom. The van der Waals surface area contributed by atoms with E-state index in [1.54, 1.807) is 23.1 Å². The highest BCUT2D eigenvalue weighted by Crippen LogP contribution is 2.29. The maximum atomic E-state index is 14.3. The van der Waals surface area contributed by atoms with Gasteiger partial charge in [0.2, 0.25) is 0 Å². The third-order valence-electron chi connectivity index (χ3n) is 4.88. The number of hydrogen-bond acceptors (Lipinski definition) is 3. The number of halogens is 1. The summed E-state index contributed by atoms with van der Waals surface area (Å²) in [5, 5.41) is 1.28. The molecule has 2 heterocycles. The summed E-state index contributed by atoms with van der Waals surface area (Å²) in [5.41, 5.74) is -0.0124. The zero-order chi connectivity index (χ0) is 16.6. The molecule has 2 aliphatic rings.